The topological polar surface area (TPSA) is 86.0 Å². The molecule has 2 heterocycles. The average Bonchev–Trinajstić information content (AvgIpc) is 2.92. The van der Waals surface area contributed by atoms with Gasteiger partial charge in [0.25, 0.3) is 0 Å². The van der Waals surface area contributed by atoms with Crippen molar-refractivity contribution in [2.24, 2.45) is 16.8 Å². The van der Waals surface area contributed by atoms with Crippen molar-refractivity contribution in [1.29, 1.82) is 0 Å². The van der Waals surface area contributed by atoms with Crippen LogP contribution in [0.25, 0.3) is 0 Å². The first-order valence-corrected chi connectivity index (χ1v) is 7.20. The molecule has 0 radical (unpaired) electrons. The molecule has 1 fully saturated rings. The molecular weight excluding hydrogens is 268 g/mol. The number of nitrogens with zero attached hydrogens (tertiary/aromatic N) is 3. The molecule has 0 bridgehead atoms. The summed E-state index contributed by atoms with van der Waals surface area (Å²) in [7, 11) is 0. The minimum Gasteiger partial charge on any atom is -0.368 e. The molecule has 4 N–H and O–H groups in total. The lowest BCUT2D eigenvalue weighted by molar-refractivity contribution is -0.119. The summed E-state index contributed by atoms with van der Waals surface area (Å²) in [6.45, 7) is 2.03. The number of piperidine rings is 1. The minimum atomic E-state index is -0.411. The van der Waals surface area contributed by atoms with Gasteiger partial charge in [-0.3, -0.25) is 4.79 Å². The lowest BCUT2D eigenvalue weighted by Crippen LogP contribution is -2.48. The highest BCUT2D eigenvalue weighted by molar-refractivity contribution is 5.99. The Hall–Kier alpha value is -2.12. The molecule has 1 saturated heterocycles. The van der Waals surface area contributed by atoms with E-state index in [2.05, 4.69) is 16.0 Å². The number of hydrazone groups is 1. The van der Waals surface area contributed by atoms with Crippen molar-refractivity contribution in [2.75, 3.05) is 24.6 Å². The Labute approximate surface area is 123 Å². The van der Waals surface area contributed by atoms with Crippen molar-refractivity contribution in [3.05, 3.63) is 30.3 Å². The van der Waals surface area contributed by atoms with E-state index in [0.29, 0.717) is 5.92 Å². The van der Waals surface area contributed by atoms with Crippen molar-refractivity contribution >= 4 is 17.4 Å². The zero-order valence-corrected chi connectivity index (χ0v) is 11.8. The normalized spacial score (nSPS) is 19.7. The van der Waals surface area contributed by atoms with Gasteiger partial charge in [-0.25, -0.2) is 5.01 Å². The smallest absolute Gasteiger partial charge is 0.240 e. The summed E-state index contributed by atoms with van der Waals surface area (Å²) >= 11 is 0. The van der Waals surface area contributed by atoms with Gasteiger partial charge in [-0.05, 0) is 38.1 Å². The molecule has 2 aliphatic heterocycles. The third kappa shape index (κ3) is 3.14. The maximum atomic E-state index is 11.1. The Morgan fingerprint density at radius 3 is 2.67 bits per heavy atom. The van der Waals surface area contributed by atoms with Crippen molar-refractivity contribution in [3.8, 4) is 0 Å². The lowest BCUT2D eigenvalue weighted by atomic mass is 9.96. The van der Waals surface area contributed by atoms with E-state index in [1.165, 1.54) is 5.12 Å². The van der Waals surface area contributed by atoms with Crippen LogP contribution in [0.15, 0.2) is 35.4 Å². The molecular formula is C14H20N6O. The number of rotatable bonds is 4. The molecule has 0 saturated carbocycles. The van der Waals surface area contributed by atoms with Gasteiger partial charge in [0.15, 0.2) is 0 Å². The fourth-order valence-electron chi connectivity index (χ4n) is 2.69. The summed E-state index contributed by atoms with van der Waals surface area (Å²) in [6, 6.07) is 9.96. The van der Waals surface area contributed by atoms with E-state index in [0.717, 1.165) is 37.5 Å². The standard InChI is InChI=1S/C14H20N6O/c15-13(21)10-19-17-14(11-6-8-16-9-7-11)20(18-19)12-4-2-1-3-5-12/h1-5,11,16,18H,6-10H2,(H2,15,21). The highest BCUT2D eigenvalue weighted by atomic mass is 16.1. The quantitative estimate of drug-likeness (QED) is 0.727. The Bertz CT molecular complexity index is 526. The highest BCUT2D eigenvalue weighted by Crippen LogP contribution is 2.24. The van der Waals surface area contributed by atoms with E-state index in [-0.39, 0.29) is 6.54 Å². The predicted octanol–water partition coefficient (Wildman–Crippen LogP) is 0.0266. The Balaban J connectivity index is 1.83. The molecule has 1 amide bonds. The monoisotopic (exact) mass is 288 g/mol. The number of hydrogen-bond donors (Lipinski definition) is 3. The second kappa shape index (κ2) is 6.11. The van der Waals surface area contributed by atoms with E-state index in [1.807, 2.05) is 35.3 Å². The Morgan fingerprint density at radius 1 is 1.29 bits per heavy atom. The van der Waals surface area contributed by atoms with Crippen LogP contribution in [0.1, 0.15) is 12.8 Å². The fourth-order valence-corrected chi connectivity index (χ4v) is 2.69. The number of benzene rings is 1. The van der Waals surface area contributed by atoms with Crippen LogP contribution >= 0.6 is 0 Å². The summed E-state index contributed by atoms with van der Waals surface area (Å²) in [5.41, 5.74) is 9.39. The summed E-state index contributed by atoms with van der Waals surface area (Å²) in [4.78, 5) is 11.1. The number of hydrogen-bond acceptors (Lipinski definition) is 6. The van der Waals surface area contributed by atoms with Crippen LogP contribution < -0.4 is 21.6 Å². The number of anilines is 1. The molecule has 7 nitrogen and oxygen atoms in total. The van der Waals surface area contributed by atoms with Crippen LogP contribution in [0.3, 0.4) is 0 Å². The Kier molecular flexibility index (Phi) is 4.03. The zero-order valence-electron chi connectivity index (χ0n) is 11.8. The number of carbonyl (C=O) groups is 1. The first-order chi connectivity index (χ1) is 10.2. The van der Waals surface area contributed by atoms with Crippen LogP contribution in [-0.2, 0) is 4.79 Å². The first-order valence-electron chi connectivity index (χ1n) is 7.20. The molecule has 0 aromatic heterocycles. The first kappa shape index (κ1) is 13.8. The number of primary amides is 1. The predicted molar refractivity (Wildman–Crippen MR) is 81.0 cm³/mol. The van der Waals surface area contributed by atoms with E-state index >= 15 is 0 Å². The van der Waals surface area contributed by atoms with Crippen LogP contribution in [0.4, 0.5) is 5.69 Å². The van der Waals surface area contributed by atoms with Crippen LogP contribution in [-0.4, -0.2) is 36.5 Å². The molecule has 0 atom stereocenters. The van der Waals surface area contributed by atoms with Crippen LogP contribution in [0, 0.1) is 5.92 Å². The van der Waals surface area contributed by atoms with E-state index in [1.54, 1.807) is 0 Å². The van der Waals surface area contributed by atoms with Gasteiger partial charge in [-0.15, -0.1) is 10.6 Å². The number of nitrogens with two attached hydrogens (primary N) is 1. The second-order valence-corrected chi connectivity index (χ2v) is 5.28. The van der Waals surface area contributed by atoms with Gasteiger partial charge in [-0.2, -0.15) is 5.12 Å². The van der Waals surface area contributed by atoms with Crippen molar-refractivity contribution in [1.82, 2.24) is 16.0 Å². The SMILES string of the molecule is NC(=O)CN1N=C(C2CCNCC2)N(c2ccccc2)N1. The molecule has 112 valence electrons. The van der Waals surface area contributed by atoms with Gasteiger partial charge in [0.05, 0.1) is 5.69 Å². The Morgan fingerprint density at radius 2 is 2.00 bits per heavy atom. The molecule has 3 rings (SSSR count). The third-order valence-electron chi connectivity index (χ3n) is 3.69. The zero-order chi connectivity index (χ0) is 14.7. The second-order valence-electron chi connectivity index (χ2n) is 5.28. The van der Waals surface area contributed by atoms with E-state index < -0.39 is 5.91 Å². The number of amides is 1. The molecule has 1 aromatic carbocycles. The van der Waals surface area contributed by atoms with Gasteiger partial charge in [0, 0.05) is 5.92 Å². The molecule has 0 unspecified atom stereocenters. The van der Waals surface area contributed by atoms with E-state index in [4.69, 9.17) is 5.73 Å². The summed E-state index contributed by atoms with van der Waals surface area (Å²) in [5.74, 6) is 0.909. The van der Waals surface area contributed by atoms with Crippen LogP contribution in [0.2, 0.25) is 0 Å². The van der Waals surface area contributed by atoms with Crippen molar-refractivity contribution in [3.63, 3.8) is 0 Å². The van der Waals surface area contributed by atoms with Gasteiger partial charge < -0.3 is 11.1 Å². The number of para-hydroxylation sites is 1. The molecule has 1 aromatic rings. The van der Waals surface area contributed by atoms with Crippen molar-refractivity contribution < 1.29 is 4.79 Å². The molecule has 0 aliphatic carbocycles. The molecule has 0 spiro atoms. The van der Waals surface area contributed by atoms with Crippen molar-refractivity contribution in [2.45, 2.75) is 12.8 Å². The number of nitrogens with one attached hydrogen (secondary N) is 2. The summed E-state index contributed by atoms with van der Waals surface area (Å²) in [5, 5.41) is 11.4. The number of carbonyl (C=O) groups excluding carboxylic acids is 1. The van der Waals surface area contributed by atoms with Gasteiger partial charge in [0.1, 0.15) is 12.4 Å². The minimum absolute atomic E-state index is 0.0534. The fraction of sp³-hybridized carbons (Fsp3) is 0.429. The number of hydrazine groups is 2. The molecule has 21 heavy (non-hydrogen) atoms. The maximum absolute atomic E-state index is 11.1. The van der Waals surface area contributed by atoms with Gasteiger partial charge >= 0.3 is 0 Å². The third-order valence-corrected chi connectivity index (χ3v) is 3.69. The molecule has 2 aliphatic rings. The van der Waals surface area contributed by atoms with E-state index in [9.17, 15) is 4.79 Å². The van der Waals surface area contributed by atoms with Crippen LogP contribution in [0.5, 0.6) is 0 Å². The lowest BCUT2D eigenvalue weighted by Gasteiger charge is -2.28. The largest absolute Gasteiger partial charge is 0.368 e. The summed E-state index contributed by atoms with van der Waals surface area (Å²) < 4.78 is 0. The highest BCUT2D eigenvalue weighted by Gasteiger charge is 2.31. The summed E-state index contributed by atoms with van der Waals surface area (Å²) in [6.07, 6.45) is 2.07. The molecule has 7 heteroatoms. The van der Waals surface area contributed by atoms with Gasteiger partial charge in [0.2, 0.25) is 5.91 Å². The maximum Gasteiger partial charge on any atom is 0.240 e. The van der Waals surface area contributed by atoms with Gasteiger partial charge in [-0.1, -0.05) is 18.2 Å². The average molecular weight is 288 g/mol. The number of amidine groups is 1.